The molecular weight excluding hydrogens is 254 g/mol. The minimum atomic E-state index is -0.702. The molecule has 0 bridgehead atoms. The van der Waals surface area contributed by atoms with Gasteiger partial charge in [0.2, 0.25) is 0 Å². The number of hydrogen-bond acceptors (Lipinski definition) is 3. The van der Waals surface area contributed by atoms with Crippen molar-refractivity contribution in [3.05, 3.63) is 35.9 Å². The normalized spacial score (nSPS) is 19.3. The van der Waals surface area contributed by atoms with E-state index in [0.717, 1.165) is 39.1 Å². The minimum Gasteiger partial charge on any atom is -0.481 e. The second-order valence-corrected chi connectivity index (χ2v) is 5.45. The Morgan fingerprint density at radius 1 is 1.35 bits per heavy atom. The molecule has 0 aromatic heterocycles. The van der Waals surface area contributed by atoms with Gasteiger partial charge < -0.3 is 14.7 Å². The lowest BCUT2D eigenvalue weighted by molar-refractivity contribution is -0.137. The number of carbonyl (C=O) groups is 1. The summed E-state index contributed by atoms with van der Waals surface area (Å²) in [6, 6.07) is 10.2. The van der Waals surface area contributed by atoms with E-state index in [1.807, 2.05) is 18.2 Å². The zero-order valence-electron chi connectivity index (χ0n) is 11.8. The molecule has 0 radical (unpaired) electrons. The van der Waals surface area contributed by atoms with Crippen molar-refractivity contribution in [2.45, 2.75) is 25.9 Å². The fourth-order valence-corrected chi connectivity index (χ4v) is 2.62. The quantitative estimate of drug-likeness (QED) is 0.792. The molecule has 1 aromatic carbocycles. The summed E-state index contributed by atoms with van der Waals surface area (Å²) < 4.78 is 5.77. The van der Waals surface area contributed by atoms with Crippen LogP contribution in [0, 0.1) is 5.92 Å². The average molecular weight is 277 g/mol. The van der Waals surface area contributed by atoms with Gasteiger partial charge in [-0.2, -0.15) is 0 Å². The van der Waals surface area contributed by atoms with E-state index < -0.39 is 5.97 Å². The molecule has 1 atom stereocenters. The van der Waals surface area contributed by atoms with Gasteiger partial charge in [-0.1, -0.05) is 30.3 Å². The number of nitrogens with zero attached hydrogens (tertiary/aromatic N) is 1. The molecule has 20 heavy (non-hydrogen) atoms. The molecule has 4 heteroatoms. The fraction of sp³-hybridized carbons (Fsp3) is 0.562. The lowest BCUT2D eigenvalue weighted by Gasteiger charge is -2.15. The summed E-state index contributed by atoms with van der Waals surface area (Å²) in [5, 5.41) is 8.63. The van der Waals surface area contributed by atoms with E-state index in [0.29, 0.717) is 12.5 Å². The first-order chi connectivity index (χ1) is 9.74. The zero-order valence-corrected chi connectivity index (χ0v) is 11.8. The summed E-state index contributed by atoms with van der Waals surface area (Å²) in [7, 11) is 0. The van der Waals surface area contributed by atoms with Crippen LogP contribution in [0.4, 0.5) is 0 Å². The molecule has 1 aliphatic rings. The van der Waals surface area contributed by atoms with E-state index in [-0.39, 0.29) is 6.42 Å². The van der Waals surface area contributed by atoms with E-state index >= 15 is 0 Å². The Morgan fingerprint density at radius 3 is 2.90 bits per heavy atom. The third kappa shape index (κ3) is 5.31. The highest BCUT2D eigenvalue weighted by molar-refractivity contribution is 5.66. The second kappa shape index (κ2) is 8.02. The number of ether oxygens (including phenoxy) is 1. The van der Waals surface area contributed by atoms with Crippen LogP contribution in [0.1, 0.15) is 24.8 Å². The van der Waals surface area contributed by atoms with Crippen molar-refractivity contribution in [3.63, 3.8) is 0 Å². The second-order valence-electron chi connectivity index (χ2n) is 5.45. The van der Waals surface area contributed by atoms with Gasteiger partial charge in [-0.3, -0.25) is 4.79 Å². The van der Waals surface area contributed by atoms with Crippen LogP contribution in [0.3, 0.4) is 0 Å². The summed E-state index contributed by atoms with van der Waals surface area (Å²) in [6.07, 6.45) is 2.17. The highest BCUT2D eigenvalue weighted by Crippen LogP contribution is 2.17. The number of likely N-dealkylation sites (tertiary alicyclic amines) is 1. The largest absolute Gasteiger partial charge is 0.481 e. The fourth-order valence-electron chi connectivity index (χ4n) is 2.62. The van der Waals surface area contributed by atoms with E-state index in [2.05, 4.69) is 17.0 Å². The van der Waals surface area contributed by atoms with Gasteiger partial charge in [-0.05, 0) is 37.4 Å². The molecule has 1 fully saturated rings. The standard InChI is InChI=1S/C16H23NO3/c18-16(19)7-4-9-17-10-8-15(11-17)13-20-12-14-5-2-1-3-6-14/h1-3,5-6,15H,4,7-13H2,(H,18,19)/t15-/m0/s1. The number of carboxylic acids is 1. The van der Waals surface area contributed by atoms with Gasteiger partial charge in [-0.25, -0.2) is 0 Å². The van der Waals surface area contributed by atoms with Crippen LogP contribution in [0.25, 0.3) is 0 Å². The lowest BCUT2D eigenvalue weighted by Crippen LogP contribution is -2.23. The van der Waals surface area contributed by atoms with Gasteiger partial charge in [0.1, 0.15) is 0 Å². The Hall–Kier alpha value is -1.39. The van der Waals surface area contributed by atoms with Crippen molar-refractivity contribution >= 4 is 5.97 Å². The third-order valence-electron chi connectivity index (χ3n) is 3.70. The maximum atomic E-state index is 10.5. The summed E-state index contributed by atoms with van der Waals surface area (Å²) in [5.41, 5.74) is 1.21. The maximum Gasteiger partial charge on any atom is 0.303 e. The third-order valence-corrected chi connectivity index (χ3v) is 3.70. The smallest absolute Gasteiger partial charge is 0.303 e. The first kappa shape index (κ1) is 15.0. The van der Waals surface area contributed by atoms with E-state index in [1.165, 1.54) is 5.56 Å². The minimum absolute atomic E-state index is 0.270. The number of rotatable bonds is 8. The van der Waals surface area contributed by atoms with Gasteiger partial charge in [0, 0.05) is 13.0 Å². The van der Waals surface area contributed by atoms with E-state index in [1.54, 1.807) is 0 Å². The van der Waals surface area contributed by atoms with Crippen molar-refractivity contribution in [2.24, 2.45) is 5.92 Å². The van der Waals surface area contributed by atoms with Crippen LogP contribution in [0.2, 0.25) is 0 Å². The number of carboxylic acid groups (broad SMARTS) is 1. The van der Waals surface area contributed by atoms with Crippen molar-refractivity contribution in [1.29, 1.82) is 0 Å². The first-order valence-corrected chi connectivity index (χ1v) is 7.30. The van der Waals surface area contributed by atoms with Gasteiger partial charge in [0.05, 0.1) is 13.2 Å². The van der Waals surface area contributed by atoms with Crippen molar-refractivity contribution < 1.29 is 14.6 Å². The molecule has 1 aromatic rings. The molecule has 1 heterocycles. The average Bonchev–Trinajstić information content (AvgIpc) is 2.87. The summed E-state index contributed by atoms with van der Waals surface area (Å²) in [5.74, 6) is -0.115. The Kier molecular flexibility index (Phi) is 6.02. The molecular formula is C16H23NO3. The monoisotopic (exact) mass is 277 g/mol. The van der Waals surface area contributed by atoms with Crippen molar-refractivity contribution in [2.75, 3.05) is 26.2 Å². The molecule has 0 saturated carbocycles. The topological polar surface area (TPSA) is 49.8 Å². The van der Waals surface area contributed by atoms with Gasteiger partial charge in [0.25, 0.3) is 0 Å². The number of benzene rings is 1. The van der Waals surface area contributed by atoms with Crippen molar-refractivity contribution in [1.82, 2.24) is 4.90 Å². The van der Waals surface area contributed by atoms with Gasteiger partial charge in [-0.15, -0.1) is 0 Å². The molecule has 0 unspecified atom stereocenters. The predicted octanol–water partition coefficient (Wildman–Crippen LogP) is 2.39. The Balaban J connectivity index is 1.58. The molecule has 1 saturated heterocycles. The number of aliphatic carboxylic acids is 1. The molecule has 110 valence electrons. The molecule has 1 aliphatic heterocycles. The highest BCUT2D eigenvalue weighted by atomic mass is 16.5. The van der Waals surface area contributed by atoms with Crippen molar-refractivity contribution in [3.8, 4) is 0 Å². The zero-order chi connectivity index (χ0) is 14.2. The summed E-state index contributed by atoms with van der Waals surface area (Å²) >= 11 is 0. The molecule has 4 nitrogen and oxygen atoms in total. The van der Waals surface area contributed by atoms with Crippen LogP contribution in [-0.2, 0) is 16.1 Å². The summed E-state index contributed by atoms with van der Waals surface area (Å²) in [6.45, 7) is 4.47. The molecule has 1 N–H and O–H groups in total. The first-order valence-electron chi connectivity index (χ1n) is 7.30. The van der Waals surface area contributed by atoms with Gasteiger partial charge >= 0.3 is 5.97 Å². The SMILES string of the molecule is O=C(O)CCCN1CC[C@H](COCc2ccccc2)C1. The summed E-state index contributed by atoms with van der Waals surface area (Å²) in [4.78, 5) is 12.8. The molecule has 0 aliphatic carbocycles. The Morgan fingerprint density at radius 2 is 2.15 bits per heavy atom. The van der Waals surface area contributed by atoms with E-state index in [4.69, 9.17) is 9.84 Å². The van der Waals surface area contributed by atoms with Crippen LogP contribution in [-0.4, -0.2) is 42.2 Å². The Bertz CT molecular complexity index is 407. The highest BCUT2D eigenvalue weighted by Gasteiger charge is 2.22. The van der Waals surface area contributed by atoms with Gasteiger partial charge in [0.15, 0.2) is 0 Å². The van der Waals surface area contributed by atoms with Crippen LogP contribution < -0.4 is 0 Å². The van der Waals surface area contributed by atoms with Crippen LogP contribution in [0.15, 0.2) is 30.3 Å². The molecule has 0 spiro atoms. The van der Waals surface area contributed by atoms with Crippen LogP contribution >= 0.6 is 0 Å². The Labute approximate surface area is 120 Å². The maximum absolute atomic E-state index is 10.5. The number of hydrogen-bond donors (Lipinski definition) is 1. The van der Waals surface area contributed by atoms with E-state index in [9.17, 15) is 4.79 Å². The lowest BCUT2D eigenvalue weighted by atomic mass is 10.1. The molecule has 2 rings (SSSR count). The van der Waals surface area contributed by atoms with Crippen LogP contribution in [0.5, 0.6) is 0 Å². The predicted molar refractivity (Wildman–Crippen MR) is 77.5 cm³/mol. The molecule has 0 amide bonds.